The minimum Gasteiger partial charge on any atom is -0.483 e. The van der Waals surface area contributed by atoms with Gasteiger partial charge in [0.1, 0.15) is 17.3 Å². The van der Waals surface area contributed by atoms with Crippen LogP contribution in [0.25, 0.3) is 0 Å². The van der Waals surface area contributed by atoms with Crippen molar-refractivity contribution in [3.8, 4) is 11.5 Å². The molecule has 0 atom stereocenters. The van der Waals surface area contributed by atoms with Gasteiger partial charge < -0.3 is 9.47 Å². The molecule has 0 unspecified atom stereocenters. The van der Waals surface area contributed by atoms with E-state index in [-0.39, 0.29) is 17.9 Å². The van der Waals surface area contributed by atoms with E-state index in [0.717, 1.165) is 17.2 Å². The summed E-state index contributed by atoms with van der Waals surface area (Å²) < 4.78 is 24.1. The second-order valence-electron chi connectivity index (χ2n) is 6.78. The van der Waals surface area contributed by atoms with Gasteiger partial charge in [-0.15, -0.1) is 0 Å². The molecule has 0 saturated carbocycles. The van der Waals surface area contributed by atoms with Crippen LogP contribution in [0.4, 0.5) is 4.39 Å². The van der Waals surface area contributed by atoms with E-state index >= 15 is 0 Å². The summed E-state index contributed by atoms with van der Waals surface area (Å²) in [5.41, 5.74) is 4.98. The van der Waals surface area contributed by atoms with Gasteiger partial charge in [-0.25, -0.2) is 14.6 Å². The van der Waals surface area contributed by atoms with Crippen LogP contribution in [-0.2, 0) is 4.79 Å². The van der Waals surface area contributed by atoms with E-state index in [1.165, 1.54) is 24.4 Å². The molecule has 0 spiro atoms. The number of nitrogens with one attached hydrogen (secondary N) is 1. The Morgan fingerprint density at radius 1 is 1.00 bits per heavy atom. The number of nitrogens with zero attached hydrogens (tertiary/aromatic N) is 1. The highest BCUT2D eigenvalue weighted by Crippen LogP contribution is 2.22. The fourth-order valence-electron chi connectivity index (χ4n) is 2.82. The number of rotatable bonds is 7. The number of carbonyl (C=O) groups is 2. The topological polar surface area (TPSA) is 77.0 Å². The second-order valence-corrected chi connectivity index (χ2v) is 6.78. The molecule has 0 bridgehead atoms. The molecule has 0 fully saturated rings. The van der Waals surface area contributed by atoms with Crippen LogP contribution in [-0.4, -0.2) is 24.7 Å². The minimum absolute atomic E-state index is 0.107. The Balaban J connectivity index is 1.54. The number of ether oxygens (including phenoxy) is 2. The van der Waals surface area contributed by atoms with E-state index in [9.17, 15) is 14.0 Å². The van der Waals surface area contributed by atoms with Gasteiger partial charge in [-0.2, -0.15) is 5.10 Å². The first-order chi connectivity index (χ1) is 14.9. The van der Waals surface area contributed by atoms with Crippen molar-refractivity contribution in [3.05, 3.63) is 94.8 Å². The summed E-state index contributed by atoms with van der Waals surface area (Å²) in [6, 6.07) is 17.5. The van der Waals surface area contributed by atoms with Crippen molar-refractivity contribution in [1.82, 2.24) is 5.43 Å². The molecule has 0 aliphatic heterocycles. The summed E-state index contributed by atoms with van der Waals surface area (Å²) in [6.07, 6.45) is 1.41. The van der Waals surface area contributed by atoms with Gasteiger partial charge >= 0.3 is 5.97 Å². The van der Waals surface area contributed by atoms with Gasteiger partial charge in [0.2, 0.25) is 0 Å². The Labute approximate surface area is 179 Å². The number of para-hydroxylation sites is 1. The van der Waals surface area contributed by atoms with Crippen molar-refractivity contribution in [2.24, 2.45) is 5.10 Å². The van der Waals surface area contributed by atoms with Crippen molar-refractivity contribution in [1.29, 1.82) is 0 Å². The minimum atomic E-state index is -0.675. The molecule has 1 N–H and O–H groups in total. The van der Waals surface area contributed by atoms with E-state index in [1.54, 1.807) is 24.3 Å². The normalized spacial score (nSPS) is 10.7. The SMILES string of the molecule is Cc1cccc(C)c1OCC(=O)N/N=C/c1cccc(OC(=O)c2cccc(F)c2)c1. The van der Waals surface area contributed by atoms with Gasteiger partial charge in [0.05, 0.1) is 11.8 Å². The molecule has 0 saturated heterocycles. The first kappa shape index (κ1) is 21.7. The molecule has 0 aliphatic rings. The maximum Gasteiger partial charge on any atom is 0.343 e. The van der Waals surface area contributed by atoms with Crippen LogP contribution in [0.5, 0.6) is 11.5 Å². The quantitative estimate of drug-likeness (QED) is 0.269. The Kier molecular flexibility index (Phi) is 7.11. The Morgan fingerprint density at radius 3 is 2.45 bits per heavy atom. The van der Waals surface area contributed by atoms with Crippen LogP contribution in [0.3, 0.4) is 0 Å². The number of hydrazone groups is 1. The van der Waals surface area contributed by atoms with Gasteiger partial charge in [0.25, 0.3) is 5.91 Å². The molecule has 0 aliphatic carbocycles. The Morgan fingerprint density at radius 2 is 1.71 bits per heavy atom. The fourth-order valence-corrected chi connectivity index (χ4v) is 2.82. The van der Waals surface area contributed by atoms with Gasteiger partial charge in [-0.1, -0.05) is 36.4 Å². The van der Waals surface area contributed by atoms with Gasteiger partial charge in [-0.3, -0.25) is 4.79 Å². The maximum atomic E-state index is 13.3. The summed E-state index contributed by atoms with van der Waals surface area (Å²) >= 11 is 0. The van der Waals surface area contributed by atoms with Crippen molar-refractivity contribution in [2.75, 3.05) is 6.61 Å². The average molecular weight is 420 g/mol. The zero-order valence-electron chi connectivity index (χ0n) is 17.1. The first-order valence-electron chi connectivity index (χ1n) is 9.51. The van der Waals surface area contributed by atoms with E-state index in [1.807, 2.05) is 32.0 Å². The number of benzene rings is 3. The summed E-state index contributed by atoms with van der Waals surface area (Å²) in [5, 5.41) is 3.89. The molecule has 0 radical (unpaired) electrons. The van der Waals surface area contributed by atoms with Gasteiger partial charge in [0.15, 0.2) is 6.61 Å². The number of amides is 1. The summed E-state index contributed by atoms with van der Waals surface area (Å²) in [7, 11) is 0. The fraction of sp³-hybridized carbons (Fsp3) is 0.125. The van der Waals surface area contributed by atoms with Crippen LogP contribution < -0.4 is 14.9 Å². The molecule has 7 heteroatoms. The number of carbonyl (C=O) groups excluding carboxylic acids is 2. The van der Waals surface area contributed by atoms with Gasteiger partial charge in [0, 0.05) is 0 Å². The molecular formula is C24H21FN2O4. The largest absolute Gasteiger partial charge is 0.483 e. The van der Waals surface area contributed by atoms with Crippen LogP contribution in [0.2, 0.25) is 0 Å². The average Bonchev–Trinajstić information content (AvgIpc) is 2.74. The maximum absolute atomic E-state index is 13.3. The highest BCUT2D eigenvalue weighted by atomic mass is 19.1. The first-order valence-corrected chi connectivity index (χ1v) is 9.51. The number of hydrogen-bond acceptors (Lipinski definition) is 5. The van der Waals surface area contributed by atoms with E-state index in [2.05, 4.69) is 10.5 Å². The van der Waals surface area contributed by atoms with Crippen LogP contribution in [0.1, 0.15) is 27.0 Å². The number of halogens is 1. The lowest BCUT2D eigenvalue weighted by molar-refractivity contribution is -0.123. The number of aryl methyl sites for hydroxylation is 2. The highest BCUT2D eigenvalue weighted by molar-refractivity contribution is 5.91. The molecule has 6 nitrogen and oxygen atoms in total. The molecule has 1 amide bonds. The molecule has 0 aromatic heterocycles. The highest BCUT2D eigenvalue weighted by Gasteiger charge is 2.10. The van der Waals surface area contributed by atoms with Crippen molar-refractivity contribution < 1.29 is 23.5 Å². The Bertz CT molecular complexity index is 1110. The lowest BCUT2D eigenvalue weighted by Crippen LogP contribution is -2.25. The standard InChI is InChI=1S/C24H21FN2O4/c1-16-6-3-7-17(2)23(16)30-15-22(28)27-26-14-18-8-4-11-21(12-18)31-24(29)19-9-5-10-20(25)13-19/h3-14H,15H2,1-2H3,(H,27,28)/b26-14+. The second kappa shape index (κ2) is 10.2. The molecule has 158 valence electrons. The van der Waals surface area contributed by atoms with E-state index < -0.39 is 17.7 Å². The van der Waals surface area contributed by atoms with Crippen LogP contribution >= 0.6 is 0 Å². The molecular weight excluding hydrogens is 399 g/mol. The van der Waals surface area contributed by atoms with Crippen molar-refractivity contribution in [3.63, 3.8) is 0 Å². The van der Waals surface area contributed by atoms with E-state index in [0.29, 0.717) is 11.3 Å². The number of hydrogen-bond donors (Lipinski definition) is 1. The zero-order valence-corrected chi connectivity index (χ0v) is 17.1. The van der Waals surface area contributed by atoms with Crippen LogP contribution in [0.15, 0.2) is 71.8 Å². The third kappa shape index (κ3) is 6.24. The molecule has 31 heavy (non-hydrogen) atoms. The predicted octanol–water partition coefficient (Wildman–Crippen LogP) is 4.19. The van der Waals surface area contributed by atoms with Gasteiger partial charge in [-0.05, 0) is 60.9 Å². The third-order valence-electron chi connectivity index (χ3n) is 4.29. The summed E-state index contributed by atoms with van der Waals surface area (Å²) in [5.74, 6) is -0.664. The molecule has 3 aromatic rings. The summed E-state index contributed by atoms with van der Waals surface area (Å²) in [6.45, 7) is 3.65. The van der Waals surface area contributed by atoms with Crippen molar-refractivity contribution in [2.45, 2.75) is 13.8 Å². The lowest BCUT2D eigenvalue weighted by Gasteiger charge is -2.10. The number of esters is 1. The molecule has 3 rings (SSSR count). The monoisotopic (exact) mass is 420 g/mol. The third-order valence-corrected chi connectivity index (χ3v) is 4.29. The van der Waals surface area contributed by atoms with Crippen molar-refractivity contribution >= 4 is 18.1 Å². The Hall–Kier alpha value is -4.00. The van der Waals surface area contributed by atoms with E-state index in [4.69, 9.17) is 9.47 Å². The molecule has 3 aromatic carbocycles. The summed E-state index contributed by atoms with van der Waals surface area (Å²) in [4.78, 5) is 24.1. The molecule has 0 heterocycles. The zero-order chi connectivity index (χ0) is 22.2. The smallest absolute Gasteiger partial charge is 0.343 e. The lowest BCUT2D eigenvalue weighted by atomic mass is 10.1. The predicted molar refractivity (Wildman–Crippen MR) is 115 cm³/mol. The van der Waals surface area contributed by atoms with Crippen LogP contribution in [0, 0.1) is 19.7 Å².